The van der Waals surface area contributed by atoms with Crippen LogP contribution in [0.5, 0.6) is 0 Å². The van der Waals surface area contributed by atoms with Crippen LogP contribution in [0.1, 0.15) is 0 Å². The van der Waals surface area contributed by atoms with Gasteiger partial charge in [-0.2, -0.15) is 0 Å². The van der Waals surface area contributed by atoms with Crippen molar-refractivity contribution in [1.29, 1.82) is 0 Å². The molecule has 2 nitrogen and oxygen atoms in total. The zero-order chi connectivity index (χ0) is 16.2. The topological polar surface area (TPSA) is 27.0 Å². The van der Waals surface area contributed by atoms with Gasteiger partial charge in [-0.3, -0.25) is 0 Å². The van der Waals surface area contributed by atoms with Gasteiger partial charge in [0, 0.05) is 23.3 Å². The summed E-state index contributed by atoms with van der Waals surface area (Å²) in [6, 6.07) is 29.1. The minimum absolute atomic E-state index is 0.986. The van der Waals surface area contributed by atoms with Crippen LogP contribution in [-0.4, -0.2) is 4.98 Å². The molecule has 2 aromatic heterocycles. The maximum atomic E-state index is 4.89. The van der Waals surface area contributed by atoms with Crippen molar-refractivity contribution in [2.45, 2.75) is 0 Å². The summed E-state index contributed by atoms with van der Waals surface area (Å²) in [5.74, 6) is 0. The Hall–Kier alpha value is -3.26. The number of nitrogens with zero attached hydrogens (tertiary/aromatic N) is 1. The van der Waals surface area contributed by atoms with E-state index >= 15 is 0 Å². The van der Waals surface area contributed by atoms with Gasteiger partial charge in [0.2, 0.25) is 0 Å². The molecule has 0 amide bonds. The molecule has 0 aliphatic rings. The average molecular weight is 309 g/mol. The van der Waals surface area contributed by atoms with Crippen LogP contribution >= 0.6 is 0 Å². The monoisotopic (exact) mass is 309 g/mol. The summed E-state index contributed by atoms with van der Waals surface area (Å²) >= 11 is 0. The number of hydrogen-bond acceptors (Lipinski definition) is 1. The molecule has 2 heterocycles. The van der Waals surface area contributed by atoms with Crippen LogP contribution in [0, 0.1) is 0 Å². The molecule has 0 radical (unpaired) electrons. The Balaban J connectivity index is 1.92. The number of hydrogen-bond donors (Lipinski definition) is 0. The third kappa shape index (κ3) is 2.95. The maximum absolute atomic E-state index is 4.89. The Kier molecular flexibility index (Phi) is 3.86. The molecule has 4 rings (SSSR count). The van der Waals surface area contributed by atoms with E-state index in [-0.39, 0.29) is 0 Å². The van der Waals surface area contributed by atoms with Gasteiger partial charge in [-0.15, -0.1) is 0 Å². The van der Waals surface area contributed by atoms with E-state index in [0.29, 0.717) is 0 Å². The molecule has 2 aromatic carbocycles. The van der Waals surface area contributed by atoms with Gasteiger partial charge in [0.05, 0.1) is 11.4 Å². The predicted octanol–water partition coefficient (Wildman–Crippen LogP) is 4.90. The van der Waals surface area contributed by atoms with E-state index in [1.54, 1.807) is 0 Å². The molecule has 24 heavy (non-hydrogen) atoms. The quantitative estimate of drug-likeness (QED) is 0.529. The van der Waals surface area contributed by atoms with Crippen LogP contribution in [0.15, 0.2) is 97.3 Å². The highest BCUT2D eigenvalue weighted by Crippen LogP contribution is 2.29. The van der Waals surface area contributed by atoms with Gasteiger partial charge in [0.1, 0.15) is 0 Å². The molecule has 0 aliphatic heterocycles. The van der Waals surface area contributed by atoms with E-state index < -0.39 is 0 Å². The van der Waals surface area contributed by atoms with Gasteiger partial charge in [0.15, 0.2) is 12.4 Å². The van der Waals surface area contributed by atoms with Gasteiger partial charge in [-0.1, -0.05) is 60.7 Å². The summed E-state index contributed by atoms with van der Waals surface area (Å²) in [6.07, 6.45) is 3.89. The first-order valence-corrected chi connectivity index (χ1v) is 7.99. The first-order valence-electron chi connectivity index (χ1n) is 7.99. The fourth-order valence-corrected chi connectivity index (χ4v) is 2.79. The van der Waals surface area contributed by atoms with E-state index in [9.17, 15) is 0 Å². The summed E-state index contributed by atoms with van der Waals surface area (Å²) in [5, 5.41) is 0. The molecule has 1 N–H and O–H groups in total. The molecule has 114 valence electrons. The van der Waals surface area contributed by atoms with Crippen molar-refractivity contribution in [3.63, 3.8) is 0 Å². The zero-order valence-electron chi connectivity index (χ0n) is 13.2. The van der Waals surface area contributed by atoms with Crippen LogP contribution in [-0.2, 0) is 0 Å². The number of rotatable bonds is 3. The second-order valence-electron chi connectivity index (χ2n) is 5.65. The van der Waals surface area contributed by atoms with Gasteiger partial charge < -0.3 is 0 Å². The van der Waals surface area contributed by atoms with Crippen LogP contribution in [0.2, 0.25) is 0 Å². The first kappa shape index (κ1) is 14.3. The second-order valence-corrected chi connectivity index (χ2v) is 5.65. The highest BCUT2D eigenvalue weighted by Gasteiger charge is 2.08. The highest BCUT2D eigenvalue weighted by molar-refractivity contribution is 5.76. The SMILES string of the molecule is c1ccc(-c2cc(-c3cc[nH+]cc3)cc(-c3ccccc3)n2)cc1. The molecule has 0 atom stereocenters. The molecule has 0 aliphatic carbocycles. The lowest BCUT2D eigenvalue weighted by molar-refractivity contribution is -0.377. The standard InChI is InChI=1S/C22H16N2/c1-3-7-18(8-4-1)21-15-20(17-11-13-23-14-12-17)16-22(24-21)19-9-5-2-6-10-19/h1-16H/p+1. The van der Waals surface area contributed by atoms with Gasteiger partial charge in [0.25, 0.3) is 0 Å². The van der Waals surface area contributed by atoms with E-state index in [2.05, 4.69) is 53.5 Å². The second kappa shape index (κ2) is 6.47. The molecule has 0 saturated heterocycles. The Morgan fingerprint density at radius 1 is 0.500 bits per heavy atom. The van der Waals surface area contributed by atoms with Crippen molar-refractivity contribution in [2.75, 3.05) is 0 Å². The normalized spacial score (nSPS) is 10.5. The minimum atomic E-state index is 0.986. The molecule has 0 unspecified atom stereocenters. The van der Waals surface area contributed by atoms with Crippen molar-refractivity contribution in [2.24, 2.45) is 0 Å². The Morgan fingerprint density at radius 3 is 1.50 bits per heavy atom. The highest BCUT2D eigenvalue weighted by atomic mass is 14.7. The lowest BCUT2D eigenvalue weighted by atomic mass is 10.0. The zero-order valence-corrected chi connectivity index (χ0v) is 13.2. The molecule has 0 bridgehead atoms. The summed E-state index contributed by atoms with van der Waals surface area (Å²) < 4.78 is 0. The van der Waals surface area contributed by atoms with E-state index in [4.69, 9.17) is 4.98 Å². The van der Waals surface area contributed by atoms with Crippen LogP contribution in [0.3, 0.4) is 0 Å². The maximum Gasteiger partial charge on any atom is 0.167 e. The lowest BCUT2D eigenvalue weighted by Gasteiger charge is -2.09. The number of benzene rings is 2. The number of aromatic nitrogens is 2. The molecular weight excluding hydrogens is 292 g/mol. The summed E-state index contributed by atoms with van der Waals surface area (Å²) in [5.41, 5.74) is 6.56. The average Bonchev–Trinajstić information content (AvgIpc) is 2.70. The molecule has 0 saturated carbocycles. The number of pyridine rings is 2. The Morgan fingerprint density at radius 2 is 1.00 bits per heavy atom. The third-order valence-electron chi connectivity index (χ3n) is 4.02. The van der Waals surface area contributed by atoms with Gasteiger partial charge in [-0.05, 0) is 23.3 Å². The van der Waals surface area contributed by atoms with Crippen molar-refractivity contribution < 1.29 is 4.98 Å². The van der Waals surface area contributed by atoms with Crippen molar-refractivity contribution in [1.82, 2.24) is 4.98 Å². The largest absolute Gasteiger partial charge is 0.248 e. The third-order valence-corrected chi connectivity index (χ3v) is 4.02. The van der Waals surface area contributed by atoms with Crippen LogP contribution in [0.25, 0.3) is 33.6 Å². The molecule has 2 heteroatoms. The fourth-order valence-electron chi connectivity index (χ4n) is 2.79. The smallest absolute Gasteiger partial charge is 0.167 e. The van der Waals surface area contributed by atoms with Crippen LogP contribution < -0.4 is 4.98 Å². The summed E-state index contributed by atoms with van der Waals surface area (Å²) in [4.78, 5) is 7.97. The molecular formula is C22H17N2+. The lowest BCUT2D eigenvalue weighted by Crippen LogP contribution is -1.97. The van der Waals surface area contributed by atoms with Gasteiger partial charge >= 0.3 is 0 Å². The Labute approximate surface area is 141 Å². The molecule has 0 spiro atoms. The molecule has 0 fully saturated rings. The number of H-pyrrole nitrogens is 1. The first-order chi connectivity index (χ1) is 11.9. The van der Waals surface area contributed by atoms with Crippen LogP contribution in [0.4, 0.5) is 0 Å². The molecule has 4 aromatic rings. The van der Waals surface area contributed by atoms with Crippen molar-refractivity contribution in [3.8, 4) is 33.6 Å². The number of nitrogens with one attached hydrogen (secondary N) is 1. The van der Waals surface area contributed by atoms with Crippen molar-refractivity contribution in [3.05, 3.63) is 97.3 Å². The fraction of sp³-hybridized carbons (Fsp3) is 0. The van der Waals surface area contributed by atoms with Crippen molar-refractivity contribution >= 4 is 0 Å². The summed E-state index contributed by atoms with van der Waals surface area (Å²) in [6.45, 7) is 0. The predicted molar refractivity (Wildman–Crippen MR) is 97.1 cm³/mol. The summed E-state index contributed by atoms with van der Waals surface area (Å²) in [7, 11) is 0. The Bertz CT molecular complexity index is 794. The number of aromatic amines is 1. The van der Waals surface area contributed by atoms with E-state index in [1.807, 2.05) is 48.8 Å². The van der Waals surface area contributed by atoms with E-state index in [0.717, 1.165) is 28.1 Å². The minimum Gasteiger partial charge on any atom is -0.248 e. The van der Waals surface area contributed by atoms with Gasteiger partial charge in [-0.25, -0.2) is 9.97 Å². The van der Waals surface area contributed by atoms with E-state index in [1.165, 1.54) is 5.56 Å².